The van der Waals surface area contributed by atoms with Crippen molar-refractivity contribution in [1.29, 1.82) is 0 Å². The third kappa shape index (κ3) is 2.92. The number of hydrogen-bond acceptors (Lipinski definition) is 3. The van der Waals surface area contributed by atoms with Gasteiger partial charge in [-0.1, -0.05) is 19.3 Å². The Morgan fingerprint density at radius 2 is 2.07 bits per heavy atom. The lowest BCUT2D eigenvalue weighted by Crippen LogP contribution is -2.61. The molecule has 0 aromatic carbocycles. The number of ether oxygens (including phenoxy) is 1. The Balaban J connectivity index is 1.85. The van der Waals surface area contributed by atoms with Crippen molar-refractivity contribution < 1.29 is 4.74 Å². The quantitative estimate of drug-likeness (QED) is 0.762. The first-order valence-corrected chi connectivity index (χ1v) is 6.31. The minimum atomic E-state index is 0.449. The summed E-state index contributed by atoms with van der Waals surface area (Å²) in [5, 5.41) is 3.76. The summed E-state index contributed by atoms with van der Waals surface area (Å²) in [4.78, 5) is 2.56. The SMILES string of the molecule is COCCN1CCNC2(CCCCC2)C1. The van der Waals surface area contributed by atoms with Gasteiger partial charge in [-0.2, -0.15) is 0 Å². The minimum Gasteiger partial charge on any atom is -0.383 e. The fraction of sp³-hybridized carbons (Fsp3) is 1.00. The summed E-state index contributed by atoms with van der Waals surface area (Å²) in [6.07, 6.45) is 6.99. The van der Waals surface area contributed by atoms with E-state index in [4.69, 9.17) is 4.74 Å². The molecule has 88 valence electrons. The van der Waals surface area contributed by atoms with Crippen LogP contribution in [0.25, 0.3) is 0 Å². The molecule has 2 fully saturated rings. The maximum atomic E-state index is 5.16. The summed E-state index contributed by atoms with van der Waals surface area (Å²) in [5.74, 6) is 0. The van der Waals surface area contributed by atoms with Crippen molar-refractivity contribution in [1.82, 2.24) is 10.2 Å². The average molecular weight is 212 g/mol. The van der Waals surface area contributed by atoms with Crippen LogP contribution in [0.3, 0.4) is 0 Å². The van der Waals surface area contributed by atoms with Crippen molar-refractivity contribution in [2.45, 2.75) is 37.6 Å². The lowest BCUT2D eigenvalue weighted by atomic mass is 9.80. The van der Waals surface area contributed by atoms with Crippen molar-refractivity contribution in [3.63, 3.8) is 0 Å². The first-order valence-electron chi connectivity index (χ1n) is 6.31. The van der Waals surface area contributed by atoms with Crippen LogP contribution >= 0.6 is 0 Å². The van der Waals surface area contributed by atoms with E-state index in [1.165, 1.54) is 45.2 Å². The highest BCUT2D eigenvalue weighted by Gasteiger charge is 2.35. The van der Waals surface area contributed by atoms with Gasteiger partial charge in [0.15, 0.2) is 0 Å². The molecule has 3 heteroatoms. The van der Waals surface area contributed by atoms with Crippen molar-refractivity contribution in [2.75, 3.05) is 39.9 Å². The standard InChI is InChI=1S/C12H24N2O/c1-15-10-9-14-8-7-13-12(11-14)5-3-2-4-6-12/h13H,2-11H2,1H3. The van der Waals surface area contributed by atoms with E-state index >= 15 is 0 Å². The van der Waals surface area contributed by atoms with E-state index in [1.807, 2.05) is 0 Å². The van der Waals surface area contributed by atoms with E-state index in [9.17, 15) is 0 Å². The maximum absolute atomic E-state index is 5.16. The van der Waals surface area contributed by atoms with Gasteiger partial charge in [-0.25, -0.2) is 0 Å². The van der Waals surface area contributed by atoms with Crippen LogP contribution in [0.15, 0.2) is 0 Å². The summed E-state index contributed by atoms with van der Waals surface area (Å²) in [7, 11) is 1.79. The second-order valence-electron chi connectivity index (χ2n) is 5.04. The monoisotopic (exact) mass is 212 g/mol. The van der Waals surface area contributed by atoms with E-state index in [0.717, 1.165) is 19.7 Å². The van der Waals surface area contributed by atoms with E-state index in [2.05, 4.69) is 10.2 Å². The third-order valence-corrected chi connectivity index (χ3v) is 3.88. The molecular formula is C12H24N2O. The first-order chi connectivity index (χ1) is 7.35. The zero-order valence-corrected chi connectivity index (χ0v) is 9.93. The fourth-order valence-corrected chi connectivity index (χ4v) is 3.02. The molecule has 1 saturated heterocycles. The number of nitrogens with zero attached hydrogens (tertiary/aromatic N) is 1. The smallest absolute Gasteiger partial charge is 0.0589 e. The molecule has 0 atom stereocenters. The molecule has 1 saturated carbocycles. The van der Waals surface area contributed by atoms with Gasteiger partial charge in [0, 0.05) is 38.8 Å². The number of nitrogens with one attached hydrogen (secondary N) is 1. The fourth-order valence-electron chi connectivity index (χ4n) is 3.02. The molecule has 15 heavy (non-hydrogen) atoms. The largest absolute Gasteiger partial charge is 0.383 e. The van der Waals surface area contributed by atoms with Crippen LogP contribution in [0.1, 0.15) is 32.1 Å². The number of rotatable bonds is 3. The predicted octanol–water partition coefficient (Wildman–Crippen LogP) is 1.24. The Morgan fingerprint density at radius 3 is 2.80 bits per heavy atom. The molecule has 0 unspecified atom stereocenters. The molecule has 1 heterocycles. The molecule has 0 bridgehead atoms. The van der Waals surface area contributed by atoms with Crippen LogP contribution < -0.4 is 5.32 Å². The average Bonchev–Trinajstić information content (AvgIpc) is 2.28. The van der Waals surface area contributed by atoms with Crippen LogP contribution in [0.2, 0.25) is 0 Å². The molecular weight excluding hydrogens is 188 g/mol. The maximum Gasteiger partial charge on any atom is 0.0589 e. The molecule has 1 spiro atoms. The van der Waals surface area contributed by atoms with E-state index in [1.54, 1.807) is 7.11 Å². The number of hydrogen-bond donors (Lipinski definition) is 1. The van der Waals surface area contributed by atoms with Gasteiger partial charge in [0.05, 0.1) is 6.61 Å². The van der Waals surface area contributed by atoms with Gasteiger partial charge in [0.2, 0.25) is 0 Å². The number of methoxy groups -OCH3 is 1. The molecule has 1 aliphatic heterocycles. The Morgan fingerprint density at radius 1 is 1.27 bits per heavy atom. The normalized spacial score (nSPS) is 27.0. The second-order valence-corrected chi connectivity index (χ2v) is 5.04. The van der Waals surface area contributed by atoms with Gasteiger partial charge in [0.25, 0.3) is 0 Å². The highest BCUT2D eigenvalue weighted by molar-refractivity contribution is 4.96. The molecule has 0 aromatic heterocycles. The summed E-state index contributed by atoms with van der Waals surface area (Å²) in [5.41, 5.74) is 0.449. The highest BCUT2D eigenvalue weighted by atomic mass is 16.5. The van der Waals surface area contributed by atoms with Crippen LogP contribution in [-0.4, -0.2) is 50.3 Å². The number of piperazine rings is 1. The summed E-state index contributed by atoms with van der Waals surface area (Å²) < 4.78 is 5.16. The lowest BCUT2D eigenvalue weighted by molar-refractivity contribution is 0.0744. The zero-order chi connectivity index (χ0) is 10.6. The van der Waals surface area contributed by atoms with Gasteiger partial charge in [-0.15, -0.1) is 0 Å². The van der Waals surface area contributed by atoms with Gasteiger partial charge in [-0.05, 0) is 12.8 Å². The van der Waals surface area contributed by atoms with Gasteiger partial charge < -0.3 is 10.1 Å². The third-order valence-electron chi connectivity index (χ3n) is 3.88. The molecule has 1 N–H and O–H groups in total. The molecule has 3 nitrogen and oxygen atoms in total. The van der Waals surface area contributed by atoms with Crippen molar-refractivity contribution >= 4 is 0 Å². The van der Waals surface area contributed by atoms with Crippen LogP contribution in [0.4, 0.5) is 0 Å². The van der Waals surface area contributed by atoms with Gasteiger partial charge in [0.1, 0.15) is 0 Å². The molecule has 0 amide bonds. The van der Waals surface area contributed by atoms with Crippen LogP contribution in [-0.2, 0) is 4.74 Å². The topological polar surface area (TPSA) is 24.5 Å². The molecule has 2 aliphatic rings. The van der Waals surface area contributed by atoms with Crippen LogP contribution in [0.5, 0.6) is 0 Å². The second kappa shape index (κ2) is 5.28. The highest BCUT2D eigenvalue weighted by Crippen LogP contribution is 2.30. The molecule has 2 rings (SSSR count). The Bertz CT molecular complexity index is 185. The predicted molar refractivity (Wildman–Crippen MR) is 62.1 cm³/mol. The molecule has 1 aliphatic carbocycles. The Hall–Kier alpha value is -0.120. The van der Waals surface area contributed by atoms with Gasteiger partial charge in [-0.3, -0.25) is 4.90 Å². The molecule has 0 radical (unpaired) electrons. The van der Waals surface area contributed by atoms with Crippen molar-refractivity contribution in [2.24, 2.45) is 0 Å². The van der Waals surface area contributed by atoms with Gasteiger partial charge >= 0.3 is 0 Å². The Labute approximate surface area is 93.2 Å². The van der Waals surface area contributed by atoms with E-state index < -0.39 is 0 Å². The van der Waals surface area contributed by atoms with E-state index in [0.29, 0.717) is 5.54 Å². The van der Waals surface area contributed by atoms with Crippen LogP contribution in [0, 0.1) is 0 Å². The minimum absolute atomic E-state index is 0.449. The van der Waals surface area contributed by atoms with Crippen molar-refractivity contribution in [3.05, 3.63) is 0 Å². The van der Waals surface area contributed by atoms with E-state index in [-0.39, 0.29) is 0 Å². The summed E-state index contributed by atoms with van der Waals surface area (Å²) in [6, 6.07) is 0. The summed E-state index contributed by atoms with van der Waals surface area (Å²) >= 11 is 0. The Kier molecular flexibility index (Phi) is 4.00. The lowest BCUT2D eigenvalue weighted by Gasteiger charge is -2.46. The zero-order valence-electron chi connectivity index (χ0n) is 9.93. The summed E-state index contributed by atoms with van der Waals surface area (Å²) in [6.45, 7) is 5.54. The first kappa shape index (κ1) is 11.4. The molecule has 0 aromatic rings. The van der Waals surface area contributed by atoms with Crippen molar-refractivity contribution in [3.8, 4) is 0 Å².